The number of piperidine rings is 2. The molecule has 7 nitrogen and oxygen atoms in total. The fraction of sp³-hybridized carbons (Fsp3) is 0.882. The predicted octanol–water partition coefficient (Wildman–Crippen LogP) is -0.180. The Morgan fingerprint density at radius 3 is 2.50 bits per heavy atom. The number of rotatable bonds is 6. The van der Waals surface area contributed by atoms with Gasteiger partial charge >= 0.3 is 0 Å². The lowest BCUT2D eigenvalue weighted by Gasteiger charge is -2.44. The van der Waals surface area contributed by atoms with E-state index in [0.29, 0.717) is 32.5 Å². The summed E-state index contributed by atoms with van der Waals surface area (Å²) in [5.41, 5.74) is 4.48. The summed E-state index contributed by atoms with van der Waals surface area (Å²) in [5, 5.41) is 10.7. The van der Waals surface area contributed by atoms with Crippen LogP contribution in [0.2, 0.25) is 0 Å². The highest BCUT2D eigenvalue weighted by atomic mass is 16.5. The molecule has 7 heteroatoms. The number of carbonyl (C=O) groups excluding carboxylic acids is 2. The van der Waals surface area contributed by atoms with E-state index in [1.165, 1.54) is 0 Å². The van der Waals surface area contributed by atoms with Crippen LogP contribution in [0.4, 0.5) is 0 Å². The molecule has 2 rings (SSSR count). The third kappa shape index (κ3) is 4.68. The number of carbonyl (C=O) groups is 2. The highest BCUT2D eigenvalue weighted by molar-refractivity contribution is 5.79. The highest BCUT2D eigenvalue weighted by Crippen LogP contribution is 2.32. The van der Waals surface area contributed by atoms with Crippen molar-refractivity contribution in [2.45, 2.75) is 38.2 Å². The molecular weight excluding hydrogens is 310 g/mol. The predicted molar refractivity (Wildman–Crippen MR) is 90.2 cm³/mol. The molecule has 2 aliphatic heterocycles. The van der Waals surface area contributed by atoms with Crippen LogP contribution in [0.25, 0.3) is 0 Å². The number of likely N-dealkylation sites (tertiary alicyclic amines) is 2. The van der Waals surface area contributed by atoms with E-state index >= 15 is 0 Å². The van der Waals surface area contributed by atoms with Crippen molar-refractivity contribution in [3.05, 3.63) is 0 Å². The van der Waals surface area contributed by atoms with Crippen molar-refractivity contribution in [2.24, 2.45) is 17.6 Å². The van der Waals surface area contributed by atoms with E-state index < -0.39 is 5.60 Å². The van der Waals surface area contributed by atoms with Gasteiger partial charge in [0.25, 0.3) is 0 Å². The molecule has 0 spiro atoms. The lowest BCUT2D eigenvalue weighted by Crippen LogP contribution is -2.54. The molecule has 0 unspecified atom stereocenters. The maximum absolute atomic E-state index is 12.8. The zero-order valence-electron chi connectivity index (χ0n) is 14.9. The Morgan fingerprint density at radius 2 is 1.96 bits per heavy atom. The number of primary amides is 1. The van der Waals surface area contributed by atoms with Gasteiger partial charge in [-0.3, -0.25) is 14.5 Å². The second-order valence-electron chi connectivity index (χ2n) is 7.30. The van der Waals surface area contributed by atoms with E-state index in [4.69, 9.17) is 10.5 Å². The van der Waals surface area contributed by atoms with Gasteiger partial charge in [-0.1, -0.05) is 6.92 Å². The molecule has 0 aromatic rings. The summed E-state index contributed by atoms with van der Waals surface area (Å²) in [5.74, 6) is -0.0684. The van der Waals surface area contributed by atoms with Crippen LogP contribution in [0, 0.1) is 11.8 Å². The molecule has 0 saturated carbocycles. The van der Waals surface area contributed by atoms with Gasteiger partial charge in [-0.15, -0.1) is 0 Å². The summed E-state index contributed by atoms with van der Waals surface area (Å²) in [6.07, 6.45) is 2.75. The zero-order valence-corrected chi connectivity index (χ0v) is 14.9. The van der Waals surface area contributed by atoms with E-state index in [1.807, 2.05) is 16.7 Å². The summed E-state index contributed by atoms with van der Waals surface area (Å²) < 4.78 is 5.09. The molecular formula is C17H31N3O4. The number of aliphatic hydroxyl groups is 1. The van der Waals surface area contributed by atoms with Gasteiger partial charge in [-0.25, -0.2) is 0 Å². The minimum absolute atomic E-state index is 0.0199. The number of hydrogen-bond donors (Lipinski definition) is 2. The first-order valence-electron chi connectivity index (χ1n) is 8.86. The van der Waals surface area contributed by atoms with Gasteiger partial charge in [0.05, 0.1) is 12.1 Å². The molecule has 0 aromatic carbocycles. The second-order valence-corrected chi connectivity index (χ2v) is 7.30. The number of hydrogen-bond acceptors (Lipinski definition) is 5. The van der Waals surface area contributed by atoms with Crippen molar-refractivity contribution in [2.75, 3.05) is 46.4 Å². The van der Waals surface area contributed by atoms with Gasteiger partial charge in [0.15, 0.2) is 0 Å². The Balaban J connectivity index is 1.83. The fourth-order valence-electron chi connectivity index (χ4n) is 3.83. The average molecular weight is 341 g/mol. The first-order chi connectivity index (χ1) is 11.4. The van der Waals surface area contributed by atoms with Crippen LogP contribution < -0.4 is 5.73 Å². The van der Waals surface area contributed by atoms with E-state index in [0.717, 1.165) is 25.9 Å². The molecule has 2 atom stereocenters. The average Bonchev–Trinajstić information content (AvgIpc) is 2.55. The topological polar surface area (TPSA) is 96.1 Å². The first-order valence-corrected chi connectivity index (χ1v) is 8.86. The summed E-state index contributed by atoms with van der Waals surface area (Å²) in [6, 6.07) is 0. The van der Waals surface area contributed by atoms with Crippen LogP contribution in [-0.4, -0.2) is 78.8 Å². The van der Waals surface area contributed by atoms with Gasteiger partial charge in [0.1, 0.15) is 0 Å². The molecule has 2 saturated heterocycles. The Labute approximate surface area is 144 Å². The third-order valence-corrected chi connectivity index (χ3v) is 5.59. The quantitative estimate of drug-likeness (QED) is 0.699. The van der Waals surface area contributed by atoms with Crippen molar-refractivity contribution in [3.63, 3.8) is 0 Å². The Kier molecular flexibility index (Phi) is 6.60. The minimum atomic E-state index is -0.738. The van der Waals surface area contributed by atoms with Crippen LogP contribution in [0.15, 0.2) is 0 Å². The van der Waals surface area contributed by atoms with Crippen LogP contribution in [-0.2, 0) is 14.3 Å². The van der Waals surface area contributed by atoms with Crippen molar-refractivity contribution in [1.82, 2.24) is 9.80 Å². The molecule has 24 heavy (non-hydrogen) atoms. The molecule has 2 amide bonds. The fourth-order valence-corrected chi connectivity index (χ4v) is 3.83. The standard InChI is InChI=1S/C17H31N3O4/c1-13-11-20(9-5-17(13,23)6-10-24-2)16(22)14-3-7-19(8-4-14)12-15(18)21/h13-14,23H,3-12H2,1-2H3,(H2,18,21)/t13-,17-/m1/s1. The Bertz CT molecular complexity index is 451. The summed E-state index contributed by atoms with van der Waals surface area (Å²) in [7, 11) is 1.64. The molecule has 0 aliphatic carbocycles. The van der Waals surface area contributed by atoms with Crippen LogP contribution in [0.5, 0.6) is 0 Å². The van der Waals surface area contributed by atoms with Gasteiger partial charge in [-0.2, -0.15) is 0 Å². The normalized spacial score (nSPS) is 29.6. The lowest BCUT2D eigenvalue weighted by molar-refractivity contribution is -0.146. The molecule has 3 N–H and O–H groups in total. The molecule has 2 fully saturated rings. The summed E-state index contributed by atoms with van der Waals surface area (Å²) >= 11 is 0. The van der Waals surface area contributed by atoms with Crippen LogP contribution in [0.3, 0.4) is 0 Å². The molecule has 2 aliphatic rings. The molecule has 138 valence electrons. The van der Waals surface area contributed by atoms with Gasteiger partial charge in [0.2, 0.25) is 11.8 Å². The second kappa shape index (κ2) is 8.27. The molecule has 0 aromatic heterocycles. The zero-order chi connectivity index (χ0) is 17.7. The Hall–Kier alpha value is -1.18. The van der Waals surface area contributed by atoms with Gasteiger partial charge < -0.3 is 20.5 Å². The number of amides is 2. The summed E-state index contributed by atoms with van der Waals surface area (Å²) in [4.78, 5) is 27.6. The van der Waals surface area contributed by atoms with Crippen molar-refractivity contribution in [1.29, 1.82) is 0 Å². The largest absolute Gasteiger partial charge is 0.389 e. The van der Waals surface area contributed by atoms with Gasteiger partial charge in [0, 0.05) is 38.6 Å². The number of ether oxygens (including phenoxy) is 1. The van der Waals surface area contributed by atoms with Crippen molar-refractivity contribution < 1.29 is 19.4 Å². The maximum Gasteiger partial charge on any atom is 0.231 e. The van der Waals surface area contributed by atoms with E-state index in [1.54, 1.807) is 7.11 Å². The Morgan fingerprint density at radius 1 is 1.29 bits per heavy atom. The van der Waals surface area contributed by atoms with Crippen molar-refractivity contribution >= 4 is 11.8 Å². The molecule has 2 heterocycles. The lowest BCUT2D eigenvalue weighted by atomic mass is 9.79. The molecule has 0 bridgehead atoms. The van der Waals surface area contributed by atoms with E-state index in [2.05, 4.69) is 0 Å². The first kappa shape index (κ1) is 19.1. The van der Waals surface area contributed by atoms with Crippen molar-refractivity contribution in [3.8, 4) is 0 Å². The minimum Gasteiger partial charge on any atom is -0.389 e. The van der Waals surface area contributed by atoms with Crippen LogP contribution in [0.1, 0.15) is 32.6 Å². The van der Waals surface area contributed by atoms with E-state index in [-0.39, 0.29) is 30.2 Å². The highest BCUT2D eigenvalue weighted by Gasteiger charge is 2.41. The van der Waals surface area contributed by atoms with E-state index in [9.17, 15) is 14.7 Å². The summed E-state index contributed by atoms with van der Waals surface area (Å²) in [6.45, 7) is 5.48. The van der Waals surface area contributed by atoms with Crippen LogP contribution >= 0.6 is 0 Å². The monoisotopic (exact) mass is 341 g/mol. The molecule has 0 radical (unpaired) electrons. The number of nitrogens with two attached hydrogens (primary N) is 1. The maximum atomic E-state index is 12.8. The van der Waals surface area contributed by atoms with Gasteiger partial charge in [-0.05, 0) is 38.8 Å². The third-order valence-electron chi connectivity index (χ3n) is 5.59. The SMILES string of the molecule is COCC[C@]1(O)CCN(C(=O)C2CCN(CC(N)=O)CC2)C[C@H]1C. The number of methoxy groups -OCH3 is 1. The smallest absolute Gasteiger partial charge is 0.231 e. The number of nitrogens with zero attached hydrogens (tertiary/aromatic N) is 2.